The first-order valence-electron chi connectivity index (χ1n) is 11.2. The number of hydrogen-bond donors (Lipinski definition) is 2. The monoisotopic (exact) mass is 437 g/mol. The number of aliphatic hydroxyl groups is 1. The topological polar surface area (TPSA) is 81.3 Å². The van der Waals surface area contributed by atoms with Gasteiger partial charge in [-0.05, 0) is 61.3 Å². The molecule has 31 heavy (non-hydrogen) atoms. The molecule has 0 radical (unpaired) electrons. The van der Waals surface area contributed by atoms with Gasteiger partial charge in [0.05, 0.1) is 12.2 Å². The number of aryl methyl sites for hydroxylation is 1. The van der Waals surface area contributed by atoms with Gasteiger partial charge in [-0.2, -0.15) is 5.26 Å². The zero-order valence-electron chi connectivity index (χ0n) is 18.1. The second-order valence-electron chi connectivity index (χ2n) is 8.39. The van der Waals surface area contributed by atoms with Crippen LogP contribution in [0.5, 0.6) is 0 Å². The second-order valence-corrected chi connectivity index (χ2v) is 9.55. The fraction of sp³-hybridized carbons (Fsp3) is 0.462. The van der Waals surface area contributed by atoms with Crippen molar-refractivity contribution in [2.45, 2.75) is 70.3 Å². The molecule has 0 saturated carbocycles. The van der Waals surface area contributed by atoms with E-state index in [1.165, 1.54) is 11.3 Å². The van der Waals surface area contributed by atoms with Gasteiger partial charge in [-0.3, -0.25) is 0 Å². The molecular weight excluding hydrogens is 406 g/mol. The first-order chi connectivity index (χ1) is 15.0. The average Bonchev–Trinajstić information content (AvgIpc) is 3.41. The van der Waals surface area contributed by atoms with Crippen molar-refractivity contribution >= 4 is 17.3 Å². The molecule has 0 aliphatic heterocycles. The average molecular weight is 438 g/mol. The molecule has 0 amide bonds. The molecule has 2 unspecified atom stereocenters. The standard InChI is InChI=1S/C26H31NO3S/c1-2-3-4-8-23(28)18-9-11-20(12-10-18)25-19(13-14-21(25)17-27)6-5-7-22-15-16-24(31-22)26(29)30/h9-12,14-16,19,23,25,28H,2-8,13H2,1H3,(H,29,30)/t19-,23?,25?/m0/s1. The van der Waals surface area contributed by atoms with Crippen LogP contribution in [0.1, 0.15) is 89.6 Å². The largest absolute Gasteiger partial charge is 0.477 e. The number of carboxylic acids is 1. The minimum atomic E-state index is -0.867. The van der Waals surface area contributed by atoms with E-state index >= 15 is 0 Å². The lowest BCUT2D eigenvalue weighted by molar-refractivity contribution is 0.0702. The maximum Gasteiger partial charge on any atom is 0.345 e. The molecule has 164 valence electrons. The van der Waals surface area contributed by atoms with Crippen molar-refractivity contribution < 1.29 is 15.0 Å². The van der Waals surface area contributed by atoms with Crippen LogP contribution < -0.4 is 0 Å². The zero-order valence-corrected chi connectivity index (χ0v) is 18.9. The lowest BCUT2D eigenvalue weighted by Gasteiger charge is -2.22. The van der Waals surface area contributed by atoms with Gasteiger partial charge in [0.25, 0.3) is 0 Å². The predicted octanol–water partition coefficient (Wildman–Crippen LogP) is 6.64. The van der Waals surface area contributed by atoms with Gasteiger partial charge in [0.15, 0.2) is 0 Å². The molecule has 0 spiro atoms. The highest BCUT2D eigenvalue weighted by molar-refractivity contribution is 7.13. The molecule has 1 aliphatic rings. The number of rotatable bonds is 11. The third kappa shape index (κ3) is 6.06. The van der Waals surface area contributed by atoms with Crippen molar-refractivity contribution in [1.82, 2.24) is 0 Å². The van der Waals surface area contributed by atoms with Crippen LogP contribution in [0.15, 0.2) is 48.0 Å². The van der Waals surface area contributed by atoms with Crippen LogP contribution in [-0.2, 0) is 6.42 Å². The van der Waals surface area contributed by atoms with Crippen molar-refractivity contribution in [3.63, 3.8) is 0 Å². The van der Waals surface area contributed by atoms with E-state index in [1.54, 1.807) is 6.07 Å². The minimum Gasteiger partial charge on any atom is -0.477 e. The highest BCUT2D eigenvalue weighted by Crippen LogP contribution is 2.42. The van der Waals surface area contributed by atoms with Crippen LogP contribution in [0.2, 0.25) is 0 Å². The number of benzene rings is 1. The number of carboxylic acid groups (broad SMARTS) is 1. The van der Waals surface area contributed by atoms with Crippen LogP contribution in [0.4, 0.5) is 0 Å². The summed E-state index contributed by atoms with van der Waals surface area (Å²) in [5.74, 6) is -0.378. The Balaban J connectivity index is 1.61. The lowest BCUT2D eigenvalue weighted by atomic mass is 9.82. The van der Waals surface area contributed by atoms with Crippen molar-refractivity contribution in [2.75, 3.05) is 0 Å². The summed E-state index contributed by atoms with van der Waals surface area (Å²) in [4.78, 5) is 12.5. The quantitative estimate of drug-likeness (QED) is 0.386. The smallest absolute Gasteiger partial charge is 0.345 e. The SMILES string of the molecule is CCCCCC(O)c1ccc(C2C(C#N)=CC[C@@H]2CCCc2ccc(C(=O)O)s2)cc1. The molecule has 1 aromatic carbocycles. The van der Waals surface area contributed by atoms with E-state index in [9.17, 15) is 15.2 Å². The fourth-order valence-corrected chi connectivity index (χ4v) is 5.38. The van der Waals surface area contributed by atoms with Gasteiger partial charge >= 0.3 is 5.97 Å². The van der Waals surface area contributed by atoms with E-state index in [0.717, 1.165) is 72.9 Å². The van der Waals surface area contributed by atoms with Crippen LogP contribution in [-0.4, -0.2) is 16.2 Å². The normalized spacial score (nSPS) is 19.1. The number of nitriles is 1. The number of hydrogen-bond acceptors (Lipinski definition) is 4. The van der Waals surface area contributed by atoms with Gasteiger partial charge < -0.3 is 10.2 Å². The van der Waals surface area contributed by atoms with E-state index in [1.807, 2.05) is 18.2 Å². The number of nitrogens with zero attached hydrogens (tertiary/aromatic N) is 1. The summed E-state index contributed by atoms with van der Waals surface area (Å²) < 4.78 is 0. The highest BCUT2D eigenvalue weighted by atomic mass is 32.1. The first kappa shape index (κ1) is 23.2. The van der Waals surface area contributed by atoms with Gasteiger partial charge in [0.2, 0.25) is 0 Å². The Kier molecular flexibility index (Phi) is 8.45. The minimum absolute atomic E-state index is 0.106. The van der Waals surface area contributed by atoms with Crippen LogP contribution in [0.25, 0.3) is 0 Å². The van der Waals surface area contributed by atoms with Gasteiger partial charge in [-0.25, -0.2) is 4.79 Å². The van der Waals surface area contributed by atoms with Crippen LogP contribution >= 0.6 is 11.3 Å². The molecule has 2 aromatic rings. The predicted molar refractivity (Wildman–Crippen MR) is 124 cm³/mol. The van der Waals surface area contributed by atoms with Gasteiger partial charge in [0, 0.05) is 16.4 Å². The molecule has 3 rings (SSSR count). The summed E-state index contributed by atoms with van der Waals surface area (Å²) in [5.41, 5.74) is 2.93. The summed E-state index contributed by atoms with van der Waals surface area (Å²) in [7, 11) is 0. The molecule has 1 aliphatic carbocycles. The Morgan fingerprint density at radius 1 is 1.19 bits per heavy atom. The van der Waals surface area contributed by atoms with E-state index in [4.69, 9.17) is 5.11 Å². The Labute approximate surface area is 188 Å². The number of thiophene rings is 1. The molecule has 1 heterocycles. The molecular formula is C26H31NO3S. The Morgan fingerprint density at radius 2 is 1.97 bits per heavy atom. The Hall–Kier alpha value is -2.42. The van der Waals surface area contributed by atoms with Gasteiger partial charge in [0.1, 0.15) is 4.88 Å². The summed E-state index contributed by atoms with van der Waals surface area (Å²) in [6.45, 7) is 2.16. The van der Waals surface area contributed by atoms with Crippen molar-refractivity contribution in [3.8, 4) is 6.07 Å². The molecule has 0 fully saturated rings. The molecule has 2 N–H and O–H groups in total. The summed E-state index contributed by atoms with van der Waals surface area (Å²) >= 11 is 1.35. The number of unbranched alkanes of at least 4 members (excludes halogenated alkanes) is 2. The number of aromatic carboxylic acids is 1. The lowest BCUT2D eigenvalue weighted by Crippen LogP contribution is -2.10. The third-order valence-corrected chi connectivity index (χ3v) is 7.34. The molecule has 4 nitrogen and oxygen atoms in total. The van der Waals surface area contributed by atoms with E-state index in [0.29, 0.717) is 10.8 Å². The van der Waals surface area contributed by atoms with E-state index < -0.39 is 12.1 Å². The van der Waals surface area contributed by atoms with Crippen LogP contribution in [0, 0.1) is 17.2 Å². The maximum absolute atomic E-state index is 11.1. The van der Waals surface area contributed by atoms with Crippen molar-refractivity contribution in [2.24, 2.45) is 5.92 Å². The van der Waals surface area contributed by atoms with Crippen molar-refractivity contribution in [1.29, 1.82) is 5.26 Å². The second kappa shape index (κ2) is 11.3. The number of aliphatic hydroxyl groups excluding tert-OH is 1. The van der Waals surface area contributed by atoms with Gasteiger partial charge in [-0.15, -0.1) is 11.3 Å². The van der Waals surface area contributed by atoms with E-state index in [2.05, 4.69) is 31.2 Å². The Morgan fingerprint density at radius 3 is 2.61 bits per heavy atom. The summed E-state index contributed by atoms with van der Waals surface area (Å²) in [5, 5.41) is 29.1. The molecule has 5 heteroatoms. The van der Waals surface area contributed by atoms with E-state index in [-0.39, 0.29) is 5.92 Å². The fourth-order valence-electron chi connectivity index (χ4n) is 4.49. The van der Waals surface area contributed by atoms with Crippen LogP contribution in [0.3, 0.4) is 0 Å². The van der Waals surface area contributed by atoms with Crippen molar-refractivity contribution in [3.05, 3.63) is 68.9 Å². The molecule has 0 saturated heterocycles. The molecule has 3 atom stereocenters. The summed E-state index contributed by atoms with van der Waals surface area (Å²) in [6.07, 6.45) is 9.48. The molecule has 0 bridgehead atoms. The maximum atomic E-state index is 11.1. The first-order valence-corrected chi connectivity index (χ1v) is 12.0. The Bertz CT molecular complexity index is 938. The molecule has 1 aromatic heterocycles. The number of carbonyl (C=O) groups is 1. The van der Waals surface area contributed by atoms with Gasteiger partial charge in [-0.1, -0.05) is 56.5 Å². The highest BCUT2D eigenvalue weighted by Gasteiger charge is 2.31. The number of allylic oxidation sites excluding steroid dienone is 2. The zero-order chi connectivity index (χ0) is 22.2. The summed E-state index contributed by atoms with van der Waals surface area (Å²) in [6, 6.07) is 14.1. The third-order valence-electron chi connectivity index (χ3n) is 6.21.